The summed E-state index contributed by atoms with van der Waals surface area (Å²) in [5.41, 5.74) is 0.857. The van der Waals surface area contributed by atoms with E-state index in [2.05, 4.69) is 0 Å². The Hall–Kier alpha value is -0.670. The Morgan fingerprint density at radius 1 is 1.64 bits per heavy atom. The van der Waals surface area contributed by atoms with Gasteiger partial charge < -0.3 is 4.74 Å². The molecule has 0 N–H and O–H groups in total. The molecule has 1 fully saturated rings. The molecular formula is C11H14O2S. The molecular weight excluding hydrogens is 196 g/mol. The van der Waals surface area contributed by atoms with Crippen LogP contribution in [0.5, 0.6) is 0 Å². The van der Waals surface area contributed by atoms with Crippen molar-refractivity contribution in [2.24, 2.45) is 5.92 Å². The average molecular weight is 210 g/mol. The van der Waals surface area contributed by atoms with Gasteiger partial charge in [0.2, 0.25) is 0 Å². The number of aryl methyl sites for hydroxylation is 1. The van der Waals surface area contributed by atoms with Crippen molar-refractivity contribution in [2.75, 3.05) is 6.61 Å². The van der Waals surface area contributed by atoms with Crippen LogP contribution in [-0.4, -0.2) is 18.5 Å². The fourth-order valence-corrected chi connectivity index (χ4v) is 2.50. The van der Waals surface area contributed by atoms with Gasteiger partial charge in [-0.05, 0) is 26.3 Å². The number of ether oxygens (including phenoxy) is 1. The molecule has 2 nitrogen and oxygen atoms in total. The number of thiophene rings is 1. The van der Waals surface area contributed by atoms with Crippen LogP contribution in [0.15, 0.2) is 11.4 Å². The van der Waals surface area contributed by atoms with Gasteiger partial charge >= 0.3 is 0 Å². The van der Waals surface area contributed by atoms with E-state index >= 15 is 0 Å². The Morgan fingerprint density at radius 3 is 2.93 bits per heavy atom. The second-order valence-corrected chi connectivity index (χ2v) is 5.00. The quantitative estimate of drug-likeness (QED) is 0.701. The summed E-state index contributed by atoms with van der Waals surface area (Å²) in [6.45, 7) is 4.64. The van der Waals surface area contributed by atoms with Crippen molar-refractivity contribution in [1.82, 2.24) is 0 Å². The molecule has 2 rings (SSSR count). The van der Waals surface area contributed by atoms with Gasteiger partial charge in [-0.2, -0.15) is 0 Å². The molecule has 0 aromatic carbocycles. The predicted octanol–water partition coefficient (Wildman–Crippen LogP) is 2.66. The van der Waals surface area contributed by atoms with Gasteiger partial charge in [-0.1, -0.05) is 0 Å². The summed E-state index contributed by atoms with van der Waals surface area (Å²) in [7, 11) is 0. The van der Waals surface area contributed by atoms with E-state index in [1.165, 1.54) is 4.88 Å². The van der Waals surface area contributed by atoms with Crippen molar-refractivity contribution in [3.63, 3.8) is 0 Å². The Kier molecular flexibility index (Phi) is 2.70. The third-order valence-electron chi connectivity index (χ3n) is 2.58. The summed E-state index contributed by atoms with van der Waals surface area (Å²) >= 11 is 1.63. The second kappa shape index (κ2) is 3.83. The van der Waals surface area contributed by atoms with Crippen LogP contribution in [-0.2, 0) is 4.74 Å². The molecule has 0 amide bonds. The number of ketones is 1. The molecule has 0 saturated carbocycles. The van der Waals surface area contributed by atoms with Gasteiger partial charge in [-0.25, -0.2) is 0 Å². The van der Waals surface area contributed by atoms with E-state index in [1.807, 2.05) is 25.3 Å². The van der Waals surface area contributed by atoms with E-state index in [9.17, 15) is 4.79 Å². The smallest absolute Gasteiger partial charge is 0.169 e. The standard InChI is InChI=1S/C11H14O2S/c1-7-3-9(5-13-7)11(12)10-4-8(2)14-6-10/h4,6-7,9H,3,5H2,1-2H3. The SMILES string of the molecule is Cc1cc(C(=O)C2COC(C)C2)cs1. The van der Waals surface area contributed by atoms with E-state index in [4.69, 9.17) is 4.74 Å². The first-order valence-corrected chi connectivity index (χ1v) is 5.75. The number of hydrogen-bond donors (Lipinski definition) is 0. The van der Waals surface area contributed by atoms with E-state index in [1.54, 1.807) is 11.3 Å². The van der Waals surface area contributed by atoms with Crippen molar-refractivity contribution in [2.45, 2.75) is 26.4 Å². The average Bonchev–Trinajstić information content (AvgIpc) is 2.73. The first kappa shape index (κ1) is 9.87. The zero-order chi connectivity index (χ0) is 10.1. The molecule has 14 heavy (non-hydrogen) atoms. The molecule has 0 bridgehead atoms. The van der Waals surface area contributed by atoms with Gasteiger partial charge in [0, 0.05) is 21.7 Å². The molecule has 0 radical (unpaired) electrons. The lowest BCUT2D eigenvalue weighted by atomic mass is 9.97. The highest BCUT2D eigenvalue weighted by Crippen LogP contribution is 2.25. The minimum atomic E-state index is 0.0824. The van der Waals surface area contributed by atoms with Gasteiger partial charge in [0.05, 0.1) is 12.7 Å². The van der Waals surface area contributed by atoms with Crippen LogP contribution in [0.1, 0.15) is 28.6 Å². The molecule has 2 atom stereocenters. The molecule has 0 spiro atoms. The zero-order valence-corrected chi connectivity index (χ0v) is 9.26. The fourth-order valence-electron chi connectivity index (χ4n) is 1.81. The van der Waals surface area contributed by atoms with Crippen molar-refractivity contribution >= 4 is 17.1 Å². The van der Waals surface area contributed by atoms with Crippen LogP contribution < -0.4 is 0 Å². The summed E-state index contributed by atoms with van der Waals surface area (Å²) < 4.78 is 5.40. The number of carbonyl (C=O) groups excluding carboxylic acids is 1. The molecule has 0 aliphatic carbocycles. The van der Waals surface area contributed by atoms with E-state index in [0.717, 1.165) is 12.0 Å². The van der Waals surface area contributed by atoms with Crippen LogP contribution in [0.25, 0.3) is 0 Å². The number of Topliss-reactive ketones (excluding diaryl/α,β-unsaturated/α-hetero) is 1. The van der Waals surface area contributed by atoms with Crippen LogP contribution in [0.2, 0.25) is 0 Å². The highest BCUT2D eigenvalue weighted by atomic mass is 32.1. The van der Waals surface area contributed by atoms with Crippen molar-refractivity contribution in [3.8, 4) is 0 Å². The van der Waals surface area contributed by atoms with Crippen molar-refractivity contribution in [1.29, 1.82) is 0 Å². The lowest BCUT2D eigenvalue weighted by molar-refractivity contribution is 0.0878. The van der Waals surface area contributed by atoms with Crippen LogP contribution in [0.3, 0.4) is 0 Å². The molecule has 1 aromatic rings. The van der Waals surface area contributed by atoms with Crippen molar-refractivity contribution < 1.29 is 9.53 Å². The topological polar surface area (TPSA) is 26.3 Å². The van der Waals surface area contributed by atoms with Gasteiger partial charge in [0.1, 0.15) is 0 Å². The van der Waals surface area contributed by atoms with Crippen LogP contribution in [0.4, 0.5) is 0 Å². The molecule has 76 valence electrons. The lowest BCUT2D eigenvalue weighted by Crippen LogP contribution is -2.13. The fraction of sp³-hybridized carbons (Fsp3) is 0.545. The summed E-state index contributed by atoms with van der Waals surface area (Å²) in [5.74, 6) is 0.331. The monoisotopic (exact) mass is 210 g/mol. The highest BCUT2D eigenvalue weighted by Gasteiger charge is 2.29. The highest BCUT2D eigenvalue weighted by molar-refractivity contribution is 7.10. The predicted molar refractivity (Wildman–Crippen MR) is 56.9 cm³/mol. The summed E-state index contributed by atoms with van der Waals surface area (Å²) in [5, 5.41) is 1.95. The lowest BCUT2D eigenvalue weighted by Gasteiger charge is -2.03. The first-order valence-electron chi connectivity index (χ1n) is 4.88. The van der Waals surface area contributed by atoms with E-state index in [-0.39, 0.29) is 17.8 Å². The molecule has 1 aromatic heterocycles. The first-order chi connectivity index (χ1) is 6.66. The number of carbonyl (C=O) groups is 1. The van der Waals surface area contributed by atoms with Gasteiger partial charge in [0.15, 0.2) is 5.78 Å². The summed E-state index contributed by atoms with van der Waals surface area (Å²) in [6.07, 6.45) is 1.11. The number of hydrogen-bond acceptors (Lipinski definition) is 3. The number of rotatable bonds is 2. The maximum Gasteiger partial charge on any atom is 0.169 e. The summed E-state index contributed by atoms with van der Waals surface area (Å²) in [6, 6.07) is 1.97. The molecule has 1 aliphatic rings. The van der Waals surface area contributed by atoms with Gasteiger partial charge in [-0.15, -0.1) is 11.3 Å². The maximum atomic E-state index is 11.9. The van der Waals surface area contributed by atoms with Crippen LogP contribution >= 0.6 is 11.3 Å². The van der Waals surface area contributed by atoms with Gasteiger partial charge in [0.25, 0.3) is 0 Å². The Labute approximate surface area is 87.9 Å². The Balaban J connectivity index is 2.09. The second-order valence-electron chi connectivity index (χ2n) is 3.89. The summed E-state index contributed by atoms with van der Waals surface area (Å²) in [4.78, 5) is 13.1. The Bertz CT molecular complexity index is 343. The van der Waals surface area contributed by atoms with Crippen LogP contribution in [0, 0.1) is 12.8 Å². The third kappa shape index (κ3) is 1.88. The molecule has 3 heteroatoms. The zero-order valence-electron chi connectivity index (χ0n) is 8.45. The maximum absolute atomic E-state index is 11.9. The molecule has 2 heterocycles. The third-order valence-corrected chi connectivity index (χ3v) is 3.45. The largest absolute Gasteiger partial charge is 0.378 e. The molecule has 2 unspecified atom stereocenters. The van der Waals surface area contributed by atoms with Crippen molar-refractivity contribution in [3.05, 3.63) is 21.9 Å². The Morgan fingerprint density at radius 2 is 2.43 bits per heavy atom. The normalized spacial score (nSPS) is 26.7. The van der Waals surface area contributed by atoms with E-state index in [0.29, 0.717) is 6.61 Å². The minimum absolute atomic E-state index is 0.0824. The van der Waals surface area contributed by atoms with Gasteiger partial charge in [-0.3, -0.25) is 4.79 Å². The minimum Gasteiger partial charge on any atom is -0.378 e. The molecule has 1 aliphatic heterocycles. The molecule has 1 saturated heterocycles. The van der Waals surface area contributed by atoms with E-state index < -0.39 is 0 Å².